The molecule has 1 aromatic carbocycles. The minimum absolute atomic E-state index is 0.261. The van der Waals surface area contributed by atoms with Gasteiger partial charge >= 0.3 is 0 Å². The zero-order valence-electron chi connectivity index (χ0n) is 11.9. The molecule has 0 amide bonds. The first kappa shape index (κ1) is 13.8. The van der Waals surface area contributed by atoms with Crippen molar-refractivity contribution in [3.05, 3.63) is 35.4 Å². The van der Waals surface area contributed by atoms with E-state index in [1.165, 1.54) is 6.92 Å². The van der Waals surface area contributed by atoms with E-state index in [9.17, 15) is 9.90 Å². The van der Waals surface area contributed by atoms with E-state index in [1.807, 2.05) is 12.1 Å². The van der Waals surface area contributed by atoms with Gasteiger partial charge in [0, 0.05) is 5.56 Å². The summed E-state index contributed by atoms with van der Waals surface area (Å²) in [6, 6.07) is 5.54. The summed E-state index contributed by atoms with van der Waals surface area (Å²) in [4.78, 5) is 12.1. The highest BCUT2D eigenvalue weighted by Gasteiger charge is 2.38. The fourth-order valence-corrected chi connectivity index (χ4v) is 2.42. The zero-order valence-corrected chi connectivity index (χ0v) is 11.9. The summed E-state index contributed by atoms with van der Waals surface area (Å²) in [7, 11) is 1.58. The molecule has 3 heteroatoms. The van der Waals surface area contributed by atoms with Crippen LogP contribution >= 0.6 is 0 Å². The van der Waals surface area contributed by atoms with E-state index in [0.29, 0.717) is 11.3 Å². The number of carbonyl (C=O) groups excluding carboxylic acids is 1. The molecule has 2 atom stereocenters. The number of aliphatic hydroxyl groups is 1. The molecule has 0 bridgehead atoms. The van der Waals surface area contributed by atoms with Gasteiger partial charge in [0.1, 0.15) is 11.4 Å². The minimum atomic E-state index is -1.47. The first-order chi connectivity index (χ1) is 8.91. The Labute approximate surface area is 113 Å². The minimum Gasteiger partial charge on any atom is -0.497 e. The highest BCUT2D eigenvalue weighted by atomic mass is 16.5. The van der Waals surface area contributed by atoms with Gasteiger partial charge in [-0.3, -0.25) is 4.79 Å². The summed E-state index contributed by atoms with van der Waals surface area (Å²) < 4.78 is 5.19. The maximum absolute atomic E-state index is 12.1. The highest BCUT2D eigenvalue weighted by molar-refractivity contribution is 6.06. The van der Waals surface area contributed by atoms with Crippen LogP contribution in [0.2, 0.25) is 0 Å². The lowest BCUT2D eigenvalue weighted by atomic mass is 9.76. The topological polar surface area (TPSA) is 46.5 Å². The van der Waals surface area contributed by atoms with Crippen molar-refractivity contribution in [2.75, 3.05) is 7.11 Å². The Morgan fingerprint density at radius 1 is 1.42 bits per heavy atom. The standard InChI is InChI=1S/C16H20O3/c1-5-10(2)13-9-15(17)16(3,18)14-8-11(19-4)6-7-12(13)14/h6-10,18H,5H2,1-4H3. The van der Waals surface area contributed by atoms with E-state index in [4.69, 9.17) is 4.74 Å². The number of fused-ring (bicyclic) bond motifs is 1. The Kier molecular flexibility index (Phi) is 3.50. The predicted molar refractivity (Wildman–Crippen MR) is 75.0 cm³/mol. The molecular formula is C16H20O3. The number of ether oxygens (including phenoxy) is 1. The molecule has 0 fully saturated rings. The van der Waals surface area contributed by atoms with Crippen LogP contribution in [0.25, 0.3) is 5.57 Å². The number of carbonyl (C=O) groups is 1. The van der Waals surface area contributed by atoms with Crippen LogP contribution in [0.3, 0.4) is 0 Å². The summed E-state index contributed by atoms with van der Waals surface area (Å²) in [5.41, 5.74) is 1.10. The third kappa shape index (κ3) is 2.19. The predicted octanol–water partition coefficient (Wildman–Crippen LogP) is 2.91. The van der Waals surface area contributed by atoms with Gasteiger partial charge in [-0.15, -0.1) is 0 Å². The first-order valence-electron chi connectivity index (χ1n) is 6.59. The van der Waals surface area contributed by atoms with Crippen LogP contribution in [-0.2, 0) is 10.4 Å². The highest BCUT2D eigenvalue weighted by Crippen LogP contribution is 2.40. The van der Waals surface area contributed by atoms with Crippen molar-refractivity contribution in [1.82, 2.24) is 0 Å². The monoisotopic (exact) mass is 260 g/mol. The summed E-state index contributed by atoms with van der Waals surface area (Å²) in [6.07, 6.45) is 2.54. The average molecular weight is 260 g/mol. The number of ketones is 1. The average Bonchev–Trinajstić information content (AvgIpc) is 2.41. The smallest absolute Gasteiger partial charge is 0.191 e. The van der Waals surface area contributed by atoms with Gasteiger partial charge in [0.2, 0.25) is 0 Å². The second kappa shape index (κ2) is 4.82. The third-order valence-corrected chi connectivity index (χ3v) is 3.97. The summed E-state index contributed by atoms with van der Waals surface area (Å²) in [5, 5.41) is 10.4. The van der Waals surface area contributed by atoms with Gasteiger partial charge in [0.25, 0.3) is 0 Å². The molecular weight excluding hydrogens is 240 g/mol. The fourth-order valence-electron chi connectivity index (χ4n) is 2.42. The van der Waals surface area contributed by atoms with Crippen molar-refractivity contribution < 1.29 is 14.6 Å². The van der Waals surface area contributed by atoms with Crippen molar-refractivity contribution in [2.45, 2.75) is 32.8 Å². The van der Waals surface area contributed by atoms with Gasteiger partial charge in [-0.1, -0.05) is 19.9 Å². The Morgan fingerprint density at radius 2 is 2.11 bits per heavy atom. The fraction of sp³-hybridized carbons (Fsp3) is 0.438. The first-order valence-corrected chi connectivity index (χ1v) is 6.59. The van der Waals surface area contributed by atoms with E-state index in [2.05, 4.69) is 13.8 Å². The number of benzene rings is 1. The van der Waals surface area contributed by atoms with Crippen LogP contribution in [0, 0.1) is 5.92 Å². The lowest BCUT2D eigenvalue weighted by Crippen LogP contribution is -2.35. The Bertz CT molecular complexity index is 541. The van der Waals surface area contributed by atoms with Gasteiger partial charge in [-0.25, -0.2) is 0 Å². The third-order valence-electron chi connectivity index (χ3n) is 3.97. The largest absolute Gasteiger partial charge is 0.497 e. The normalized spacial score (nSPS) is 23.6. The van der Waals surface area contributed by atoms with Crippen molar-refractivity contribution in [2.24, 2.45) is 5.92 Å². The molecule has 19 heavy (non-hydrogen) atoms. The van der Waals surface area contributed by atoms with E-state index in [1.54, 1.807) is 19.3 Å². The zero-order chi connectivity index (χ0) is 14.2. The molecule has 1 aliphatic rings. The molecule has 0 radical (unpaired) electrons. The maximum atomic E-state index is 12.1. The van der Waals surface area contributed by atoms with Gasteiger partial charge in [0.05, 0.1) is 7.11 Å². The van der Waals surface area contributed by atoms with Crippen LogP contribution < -0.4 is 4.74 Å². The Hall–Kier alpha value is -1.61. The van der Waals surface area contributed by atoms with Gasteiger partial charge in [-0.2, -0.15) is 0 Å². The van der Waals surface area contributed by atoms with Crippen LogP contribution in [-0.4, -0.2) is 18.0 Å². The van der Waals surface area contributed by atoms with Crippen molar-refractivity contribution in [3.63, 3.8) is 0 Å². The molecule has 3 nitrogen and oxygen atoms in total. The van der Waals surface area contributed by atoms with E-state index in [-0.39, 0.29) is 11.7 Å². The SMILES string of the molecule is CCC(C)C1=CC(=O)C(C)(O)c2cc(OC)ccc21. The number of hydrogen-bond acceptors (Lipinski definition) is 3. The molecule has 1 aromatic rings. The molecule has 102 valence electrons. The van der Waals surface area contributed by atoms with E-state index >= 15 is 0 Å². The molecule has 0 saturated heterocycles. The van der Waals surface area contributed by atoms with Crippen molar-refractivity contribution in [1.29, 1.82) is 0 Å². The molecule has 0 spiro atoms. The number of rotatable bonds is 3. The molecule has 1 aliphatic carbocycles. The van der Waals surface area contributed by atoms with Crippen molar-refractivity contribution >= 4 is 11.4 Å². The van der Waals surface area contributed by atoms with Crippen molar-refractivity contribution in [3.8, 4) is 5.75 Å². The summed E-state index contributed by atoms with van der Waals surface area (Å²) >= 11 is 0. The van der Waals surface area contributed by atoms with Gasteiger partial charge < -0.3 is 9.84 Å². The molecule has 0 heterocycles. The van der Waals surface area contributed by atoms with Crippen LogP contribution in [0.4, 0.5) is 0 Å². The van der Waals surface area contributed by atoms with E-state index < -0.39 is 5.60 Å². The molecule has 0 aliphatic heterocycles. The van der Waals surface area contributed by atoms with Crippen LogP contribution in [0.1, 0.15) is 38.3 Å². The second-order valence-corrected chi connectivity index (χ2v) is 5.26. The van der Waals surface area contributed by atoms with Gasteiger partial charge in [-0.05, 0) is 48.6 Å². The summed E-state index contributed by atoms with van der Waals surface area (Å²) in [6.45, 7) is 5.72. The molecule has 2 unspecified atom stereocenters. The molecule has 0 saturated carbocycles. The second-order valence-electron chi connectivity index (χ2n) is 5.26. The maximum Gasteiger partial charge on any atom is 0.191 e. The van der Waals surface area contributed by atoms with Crippen LogP contribution in [0.15, 0.2) is 24.3 Å². The Morgan fingerprint density at radius 3 is 2.68 bits per heavy atom. The number of allylic oxidation sites excluding steroid dienone is 1. The van der Waals surface area contributed by atoms with Crippen LogP contribution in [0.5, 0.6) is 5.75 Å². The number of hydrogen-bond donors (Lipinski definition) is 1. The molecule has 1 N–H and O–H groups in total. The number of methoxy groups -OCH3 is 1. The quantitative estimate of drug-likeness (QED) is 0.909. The Balaban J connectivity index is 2.65. The molecule has 0 aromatic heterocycles. The van der Waals surface area contributed by atoms with Gasteiger partial charge in [0.15, 0.2) is 5.78 Å². The summed E-state index contributed by atoms with van der Waals surface area (Å²) in [5.74, 6) is 0.674. The molecule has 2 rings (SSSR count). The lowest BCUT2D eigenvalue weighted by molar-refractivity contribution is -0.131. The van der Waals surface area contributed by atoms with E-state index in [0.717, 1.165) is 17.6 Å². The lowest BCUT2D eigenvalue weighted by Gasteiger charge is -2.31.